The van der Waals surface area contributed by atoms with Crippen molar-refractivity contribution in [1.29, 1.82) is 0 Å². The molecule has 0 aliphatic rings. The molecule has 13 aromatic rings. The lowest BCUT2D eigenvalue weighted by molar-refractivity contribution is 0.995. The smallest absolute Gasteiger partial charge is 0.235 e. The summed E-state index contributed by atoms with van der Waals surface area (Å²) >= 11 is 0. The average molecular weight is 914 g/mol. The number of rotatable bonds is 9. The van der Waals surface area contributed by atoms with Gasteiger partial charge in [0.2, 0.25) is 5.95 Å². The first-order valence-electron chi connectivity index (χ1n) is 23.6. The van der Waals surface area contributed by atoms with Gasteiger partial charge in [-0.15, -0.1) is 0 Å². The van der Waals surface area contributed by atoms with Crippen molar-refractivity contribution in [1.82, 2.24) is 14.5 Å². The molecule has 3 heterocycles. The Morgan fingerprint density at radius 1 is 0.304 bits per heavy atom. The molecule has 0 saturated carbocycles. The van der Waals surface area contributed by atoms with Crippen LogP contribution in [0.5, 0.6) is 0 Å². The third-order valence-electron chi connectivity index (χ3n) is 13.9. The van der Waals surface area contributed by atoms with E-state index in [9.17, 15) is 0 Å². The summed E-state index contributed by atoms with van der Waals surface area (Å²) in [5.41, 5.74) is 8.40. The molecule has 3 aromatic heterocycles. The zero-order valence-electron chi connectivity index (χ0n) is 37.7. The van der Waals surface area contributed by atoms with E-state index >= 15 is 0 Å². The molecule has 69 heavy (non-hydrogen) atoms. The Kier molecular flexibility index (Phi) is 10.1. The Labute approximate surface area is 403 Å². The summed E-state index contributed by atoms with van der Waals surface area (Å²) in [6, 6.07) is 98.1. The number of para-hydroxylation sites is 1. The number of aromatic nitrogens is 3. The molecule has 0 aliphatic heterocycles. The van der Waals surface area contributed by atoms with Crippen LogP contribution in [0.4, 0.5) is 0 Å². The van der Waals surface area contributed by atoms with Crippen LogP contribution in [0.15, 0.2) is 267 Å². The van der Waals surface area contributed by atoms with Crippen molar-refractivity contribution >= 4 is 79.2 Å². The Hall–Kier alpha value is -8.40. The Bertz CT molecular complexity index is 3850. The monoisotopic (exact) mass is 913 g/mol. The summed E-state index contributed by atoms with van der Waals surface area (Å²) < 4.78 is 2.23. The highest BCUT2D eigenvalue weighted by Crippen LogP contribution is 2.55. The largest absolute Gasteiger partial charge is 0.278 e. The summed E-state index contributed by atoms with van der Waals surface area (Å²) in [5.74, 6) is 0.650. The average Bonchev–Trinajstić information content (AvgIpc) is 3.95. The van der Waals surface area contributed by atoms with Crippen LogP contribution in [0.1, 0.15) is 0 Å². The first-order chi connectivity index (χ1) is 34.2. The van der Waals surface area contributed by atoms with Crippen LogP contribution in [0.2, 0.25) is 0 Å². The van der Waals surface area contributed by atoms with Gasteiger partial charge in [-0.2, -0.15) is 0 Å². The predicted molar refractivity (Wildman–Crippen MR) is 295 cm³/mol. The second kappa shape index (κ2) is 17.0. The zero-order chi connectivity index (χ0) is 45.7. The number of benzene rings is 10. The topological polar surface area (TPSA) is 30.7 Å². The lowest BCUT2D eigenvalue weighted by Gasteiger charge is -2.34. The maximum absolute atomic E-state index is 5.27. The van der Waals surface area contributed by atoms with E-state index in [0.717, 1.165) is 33.5 Å². The molecule has 0 bridgehead atoms. The number of nitrogens with zero attached hydrogens (tertiary/aromatic N) is 3. The van der Waals surface area contributed by atoms with Gasteiger partial charge in [0, 0.05) is 32.1 Å². The Morgan fingerprint density at radius 2 is 0.768 bits per heavy atom. The molecule has 5 heteroatoms. The van der Waals surface area contributed by atoms with Gasteiger partial charge in [-0.1, -0.05) is 238 Å². The number of hydrogen-bond donors (Lipinski definition) is 0. The van der Waals surface area contributed by atoms with Crippen molar-refractivity contribution in [3.8, 4) is 44.9 Å². The molecule has 0 N–H and O–H groups in total. The standard InChI is InChI=1S/C64H44N3PSi/c1-6-21-45(22-7-1)58-44-59(46-23-8-2-9-24-46)66-64(65-58)67-60-35-18-16-33-54(60)56-41-47(37-39-61(56)67)48-38-40-63-57(42-48)55-34-17-19-36-62(55)68(63)49-25-20-32-53(43-49)69(50-26-10-3-11-27-50,51-28-12-4-13-29-51)52-30-14-5-15-31-52/h1-44H. The van der Waals surface area contributed by atoms with Crippen LogP contribution in [0, 0.1) is 0 Å². The summed E-state index contributed by atoms with van der Waals surface area (Å²) in [5, 5.41) is 14.7. The first-order valence-corrected chi connectivity index (χ1v) is 26.9. The number of hydrogen-bond acceptors (Lipinski definition) is 2. The predicted octanol–water partition coefficient (Wildman–Crippen LogP) is 14.2. The lowest BCUT2D eigenvalue weighted by Crippen LogP contribution is -2.74. The molecule has 10 aromatic carbocycles. The number of fused-ring (bicyclic) bond motifs is 6. The molecule has 3 nitrogen and oxygen atoms in total. The van der Waals surface area contributed by atoms with Gasteiger partial charge >= 0.3 is 0 Å². The van der Waals surface area contributed by atoms with E-state index in [1.807, 2.05) is 12.1 Å². The van der Waals surface area contributed by atoms with E-state index in [4.69, 9.17) is 9.97 Å². The highest BCUT2D eigenvalue weighted by Gasteiger charge is 2.41. The lowest BCUT2D eigenvalue weighted by atomic mass is 10.0. The van der Waals surface area contributed by atoms with Crippen LogP contribution < -0.4 is 20.7 Å². The first kappa shape index (κ1) is 40.8. The normalized spacial score (nSPS) is 12.0. The molecule has 13 rings (SSSR count). The molecule has 0 spiro atoms. The fraction of sp³-hybridized carbons (Fsp3) is 0. The molecule has 324 valence electrons. The van der Waals surface area contributed by atoms with Crippen molar-refractivity contribution in [2.75, 3.05) is 0 Å². The summed E-state index contributed by atoms with van der Waals surface area (Å²) in [7, 11) is -3.55. The van der Waals surface area contributed by atoms with Gasteiger partial charge in [0.05, 0.1) is 22.4 Å². The summed E-state index contributed by atoms with van der Waals surface area (Å²) in [6.07, 6.45) is 0. The fourth-order valence-electron chi connectivity index (χ4n) is 10.8. The molecule has 0 fully saturated rings. The molecule has 0 saturated heterocycles. The van der Waals surface area contributed by atoms with Crippen LogP contribution in [-0.4, -0.2) is 22.6 Å². The van der Waals surface area contributed by atoms with Crippen molar-refractivity contribution in [3.63, 3.8) is 0 Å². The molecule has 1 atom stereocenters. The second-order valence-corrected chi connectivity index (χ2v) is 23.7. The van der Waals surface area contributed by atoms with Crippen molar-refractivity contribution in [2.45, 2.75) is 0 Å². The Balaban J connectivity index is 0.966. The van der Waals surface area contributed by atoms with E-state index in [1.54, 1.807) is 0 Å². The third-order valence-corrected chi connectivity index (χ3v) is 21.2. The van der Waals surface area contributed by atoms with E-state index in [1.165, 1.54) is 69.0 Å². The third kappa shape index (κ3) is 6.87. The molecule has 0 radical (unpaired) electrons. The SMILES string of the molecule is c1ccc(-c2cc(-c3ccccc3)nc(-n3c4ccccc4c4cc(-c5ccc6c(c5)c5ccccc5p6-c5cccc([Si](c6ccccc6)(c6ccccc6)c6ccccc6)c5)ccc43)n2)cc1. The fourth-order valence-corrected chi connectivity index (χ4v) is 18.3. The molecule has 0 amide bonds. The molecular weight excluding hydrogens is 870 g/mol. The molecule has 1 unspecified atom stereocenters. The maximum atomic E-state index is 5.27. The van der Waals surface area contributed by atoms with Crippen LogP contribution >= 0.6 is 7.53 Å². The van der Waals surface area contributed by atoms with Crippen molar-refractivity contribution in [2.24, 2.45) is 0 Å². The van der Waals surface area contributed by atoms with Gasteiger partial charge in [-0.05, 0) is 84.3 Å². The minimum atomic E-state index is -2.72. The zero-order valence-corrected chi connectivity index (χ0v) is 39.6. The summed E-state index contributed by atoms with van der Waals surface area (Å²) in [6.45, 7) is 0. The van der Waals surface area contributed by atoms with Crippen molar-refractivity contribution < 1.29 is 0 Å². The summed E-state index contributed by atoms with van der Waals surface area (Å²) in [4.78, 5) is 10.5. The highest BCUT2D eigenvalue weighted by atomic mass is 31.1. The van der Waals surface area contributed by atoms with Gasteiger partial charge in [0.15, 0.2) is 8.07 Å². The van der Waals surface area contributed by atoms with Crippen LogP contribution in [0.3, 0.4) is 0 Å². The van der Waals surface area contributed by atoms with Gasteiger partial charge in [0.1, 0.15) is 0 Å². The maximum Gasteiger partial charge on any atom is 0.235 e. The van der Waals surface area contributed by atoms with Gasteiger partial charge in [-0.3, -0.25) is 4.57 Å². The van der Waals surface area contributed by atoms with Crippen LogP contribution in [-0.2, 0) is 0 Å². The minimum Gasteiger partial charge on any atom is -0.278 e. The van der Waals surface area contributed by atoms with Gasteiger partial charge in [0.25, 0.3) is 0 Å². The second-order valence-electron chi connectivity index (χ2n) is 17.7. The van der Waals surface area contributed by atoms with Crippen LogP contribution in [0.25, 0.3) is 87.7 Å². The van der Waals surface area contributed by atoms with Crippen molar-refractivity contribution in [3.05, 3.63) is 267 Å². The minimum absolute atomic E-state index is 0.650. The molecule has 0 aliphatic carbocycles. The Morgan fingerprint density at radius 3 is 1.38 bits per heavy atom. The van der Waals surface area contributed by atoms with E-state index in [0.29, 0.717) is 5.95 Å². The van der Waals surface area contributed by atoms with E-state index in [2.05, 4.69) is 259 Å². The van der Waals surface area contributed by atoms with E-state index < -0.39 is 15.6 Å². The molecular formula is C64H44N3PSi. The van der Waals surface area contributed by atoms with E-state index in [-0.39, 0.29) is 0 Å². The van der Waals surface area contributed by atoms with Gasteiger partial charge in [-0.25, -0.2) is 9.97 Å². The quantitative estimate of drug-likeness (QED) is 0.107. The van der Waals surface area contributed by atoms with Gasteiger partial charge < -0.3 is 0 Å². The highest BCUT2D eigenvalue weighted by molar-refractivity contribution is 7.68.